The van der Waals surface area contributed by atoms with E-state index in [4.69, 9.17) is 22.7 Å². The minimum atomic E-state index is -0.760. The summed E-state index contributed by atoms with van der Waals surface area (Å²) in [5.74, 6) is -1.62. The smallest absolute Gasteiger partial charge is 0.267 e. The summed E-state index contributed by atoms with van der Waals surface area (Å²) in [6, 6.07) is 8.54. The number of anilines is 1. The Labute approximate surface area is 168 Å². The molecule has 28 heavy (non-hydrogen) atoms. The molecule has 6 nitrogen and oxygen atoms in total. The van der Waals surface area contributed by atoms with Gasteiger partial charge in [-0.2, -0.15) is 0 Å². The van der Waals surface area contributed by atoms with Crippen molar-refractivity contribution in [1.82, 2.24) is 4.98 Å². The molecule has 0 spiro atoms. The number of hydrogen-bond donors (Lipinski definition) is 3. The van der Waals surface area contributed by atoms with Gasteiger partial charge < -0.3 is 11.1 Å². The van der Waals surface area contributed by atoms with Gasteiger partial charge in [0, 0.05) is 18.2 Å². The Kier molecular flexibility index (Phi) is 5.81. The van der Waals surface area contributed by atoms with Crippen LogP contribution >= 0.6 is 22.9 Å². The van der Waals surface area contributed by atoms with Gasteiger partial charge in [-0.05, 0) is 41.3 Å². The van der Waals surface area contributed by atoms with Gasteiger partial charge in [0.1, 0.15) is 17.5 Å². The van der Waals surface area contributed by atoms with Gasteiger partial charge in [0.2, 0.25) is 0 Å². The van der Waals surface area contributed by atoms with Crippen LogP contribution in [0, 0.1) is 11.2 Å². The maximum absolute atomic E-state index is 14.2. The summed E-state index contributed by atoms with van der Waals surface area (Å²) in [4.78, 5) is 29.3. The molecule has 0 saturated carbocycles. The molecule has 9 heteroatoms. The number of nitrogens with one attached hydrogen (secondary N) is 2. The molecule has 0 radical (unpaired) electrons. The van der Waals surface area contributed by atoms with E-state index in [1.165, 1.54) is 29.7 Å². The first kappa shape index (κ1) is 19.7. The Morgan fingerprint density at radius 2 is 2.04 bits per heavy atom. The minimum Gasteiger partial charge on any atom is -0.384 e. The quantitative estimate of drug-likeness (QED) is 0.321. The lowest BCUT2D eigenvalue weighted by Gasteiger charge is -2.07. The molecule has 0 aliphatic heterocycles. The molecular weight excluding hydrogens is 403 g/mol. The van der Waals surface area contributed by atoms with Crippen molar-refractivity contribution in [3.05, 3.63) is 80.4 Å². The van der Waals surface area contributed by atoms with E-state index in [0.29, 0.717) is 21.3 Å². The number of Topliss-reactive ketones (excluding diaryl/α,β-unsaturated/α-hetero) is 1. The average Bonchev–Trinajstić information content (AvgIpc) is 3.11. The number of rotatable bonds is 6. The lowest BCUT2D eigenvalue weighted by Crippen LogP contribution is -2.15. The maximum Gasteiger partial charge on any atom is 0.267 e. The lowest BCUT2D eigenvalue weighted by atomic mass is 10.0. The fourth-order valence-electron chi connectivity index (χ4n) is 2.47. The number of halogens is 2. The molecule has 0 bridgehead atoms. The van der Waals surface area contributed by atoms with Gasteiger partial charge in [0.25, 0.3) is 5.91 Å². The van der Waals surface area contributed by atoms with Crippen LogP contribution in [0.1, 0.15) is 31.2 Å². The van der Waals surface area contributed by atoms with Gasteiger partial charge >= 0.3 is 0 Å². The van der Waals surface area contributed by atoms with Crippen molar-refractivity contribution >= 4 is 46.3 Å². The number of hydrogen-bond acceptors (Lipinski definition) is 5. The normalized spacial score (nSPS) is 10.5. The molecule has 3 rings (SSSR count). The third-order valence-corrected chi connectivity index (χ3v) is 5.03. The standard InChI is InChI=1S/C19H14ClFN4O2S/c20-12-2-4-16(24-9-12)25-19(27)17-10(5-6-28-17)8-15(26)13-3-1-11(18(22)23)7-14(13)21/h1-7,9H,8H2,(H3,22,23)(H,24,25,27). The van der Waals surface area contributed by atoms with Gasteiger partial charge in [-0.3, -0.25) is 15.0 Å². The van der Waals surface area contributed by atoms with Crippen LogP contribution in [0.3, 0.4) is 0 Å². The highest BCUT2D eigenvalue weighted by molar-refractivity contribution is 7.12. The van der Waals surface area contributed by atoms with Crippen LogP contribution in [0.25, 0.3) is 0 Å². The SMILES string of the molecule is N=C(N)c1ccc(C(=O)Cc2ccsc2C(=O)Nc2ccc(Cl)cn2)c(F)c1. The number of pyridine rings is 1. The first-order valence-corrected chi connectivity index (χ1v) is 9.27. The third kappa shape index (κ3) is 4.41. The fraction of sp³-hybridized carbons (Fsp3) is 0.0526. The van der Waals surface area contributed by atoms with Crippen LogP contribution in [-0.4, -0.2) is 22.5 Å². The monoisotopic (exact) mass is 416 g/mol. The van der Waals surface area contributed by atoms with Crippen molar-refractivity contribution in [3.63, 3.8) is 0 Å². The van der Waals surface area contributed by atoms with Gasteiger partial charge in [-0.1, -0.05) is 17.7 Å². The first-order chi connectivity index (χ1) is 13.3. The fourth-order valence-corrected chi connectivity index (χ4v) is 3.40. The number of amides is 1. The van der Waals surface area contributed by atoms with E-state index in [1.807, 2.05) is 0 Å². The van der Waals surface area contributed by atoms with Crippen molar-refractivity contribution in [2.45, 2.75) is 6.42 Å². The molecule has 0 fully saturated rings. The number of thiophene rings is 1. The molecule has 142 valence electrons. The maximum atomic E-state index is 14.2. The molecule has 4 N–H and O–H groups in total. The molecule has 2 aromatic heterocycles. The zero-order chi connectivity index (χ0) is 20.3. The number of carbonyl (C=O) groups excluding carboxylic acids is 2. The van der Waals surface area contributed by atoms with E-state index in [-0.39, 0.29) is 23.4 Å². The number of nitrogens with two attached hydrogens (primary N) is 1. The molecule has 0 atom stereocenters. The number of nitrogens with zero attached hydrogens (tertiary/aromatic N) is 1. The van der Waals surface area contributed by atoms with E-state index in [2.05, 4.69) is 10.3 Å². The Hall–Kier alpha value is -3.10. The summed E-state index contributed by atoms with van der Waals surface area (Å²) in [6.45, 7) is 0. The van der Waals surface area contributed by atoms with Gasteiger partial charge in [-0.15, -0.1) is 11.3 Å². The minimum absolute atomic E-state index is 0.123. The second-order valence-corrected chi connectivity index (χ2v) is 7.15. The van der Waals surface area contributed by atoms with Crippen molar-refractivity contribution in [3.8, 4) is 0 Å². The van der Waals surface area contributed by atoms with Gasteiger partial charge in [-0.25, -0.2) is 9.37 Å². The molecular formula is C19H14ClFN4O2S. The van der Waals surface area contributed by atoms with E-state index in [0.717, 1.165) is 6.07 Å². The van der Waals surface area contributed by atoms with E-state index < -0.39 is 17.5 Å². The van der Waals surface area contributed by atoms with Crippen molar-refractivity contribution < 1.29 is 14.0 Å². The second kappa shape index (κ2) is 8.28. The predicted molar refractivity (Wildman–Crippen MR) is 107 cm³/mol. The number of benzene rings is 1. The first-order valence-electron chi connectivity index (χ1n) is 8.01. The molecule has 3 aromatic rings. The second-order valence-electron chi connectivity index (χ2n) is 5.80. The van der Waals surface area contributed by atoms with E-state index in [1.54, 1.807) is 23.6 Å². The average molecular weight is 417 g/mol. The summed E-state index contributed by atoms with van der Waals surface area (Å²) >= 11 is 6.94. The van der Waals surface area contributed by atoms with Crippen LogP contribution in [0.5, 0.6) is 0 Å². The molecule has 0 aliphatic carbocycles. The third-order valence-electron chi connectivity index (χ3n) is 3.85. The zero-order valence-electron chi connectivity index (χ0n) is 14.3. The Bertz CT molecular complexity index is 1070. The molecule has 2 heterocycles. The van der Waals surface area contributed by atoms with E-state index >= 15 is 0 Å². The van der Waals surface area contributed by atoms with Crippen LogP contribution in [0.2, 0.25) is 5.02 Å². The van der Waals surface area contributed by atoms with Gasteiger partial charge in [0.05, 0.1) is 15.5 Å². The Morgan fingerprint density at radius 3 is 2.68 bits per heavy atom. The van der Waals surface area contributed by atoms with Crippen molar-refractivity contribution in [2.75, 3.05) is 5.32 Å². The van der Waals surface area contributed by atoms with Crippen LogP contribution in [0.4, 0.5) is 10.2 Å². The van der Waals surface area contributed by atoms with Crippen LogP contribution < -0.4 is 11.1 Å². The highest BCUT2D eigenvalue weighted by atomic mass is 35.5. The molecule has 1 amide bonds. The topological polar surface area (TPSA) is 109 Å². The summed E-state index contributed by atoms with van der Waals surface area (Å²) in [5, 5.41) is 12.1. The van der Waals surface area contributed by atoms with Gasteiger partial charge in [0.15, 0.2) is 5.78 Å². The largest absolute Gasteiger partial charge is 0.384 e. The molecule has 0 saturated heterocycles. The van der Waals surface area contributed by atoms with Crippen molar-refractivity contribution in [2.24, 2.45) is 5.73 Å². The number of ketones is 1. The Morgan fingerprint density at radius 1 is 1.25 bits per heavy atom. The predicted octanol–water partition coefficient (Wildman–Crippen LogP) is 3.90. The van der Waals surface area contributed by atoms with E-state index in [9.17, 15) is 14.0 Å². The highest BCUT2D eigenvalue weighted by Gasteiger charge is 2.19. The zero-order valence-corrected chi connectivity index (χ0v) is 15.9. The molecule has 0 aliphatic rings. The highest BCUT2D eigenvalue weighted by Crippen LogP contribution is 2.22. The summed E-state index contributed by atoms with van der Waals surface area (Å²) in [5.41, 5.74) is 5.87. The van der Waals surface area contributed by atoms with Crippen molar-refractivity contribution in [1.29, 1.82) is 5.41 Å². The number of nitrogen functional groups attached to an aromatic ring is 1. The number of amidine groups is 1. The molecule has 0 unspecified atom stereocenters. The number of aromatic nitrogens is 1. The lowest BCUT2D eigenvalue weighted by molar-refractivity contribution is 0.0989. The Balaban J connectivity index is 1.76. The summed E-state index contributed by atoms with van der Waals surface area (Å²) in [6.07, 6.45) is 1.26. The molecule has 1 aromatic carbocycles. The van der Waals surface area contributed by atoms with Crippen LogP contribution in [-0.2, 0) is 6.42 Å². The summed E-state index contributed by atoms with van der Waals surface area (Å²) in [7, 11) is 0. The van der Waals surface area contributed by atoms with Crippen LogP contribution in [0.15, 0.2) is 48.0 Å². The summed E-state index contributed by atoms with van der Waals surface area (Å²) < 4.78 is 14.2. The number of carbonyl (C=O) groups is 2.